The first-order valence-electron chi connectivity index (χ1n) is 7.63. The Morgan fingerprint density at radius 3 is 2.70 bits per heavy atom. The summed E-state index contributed by atoms with van der Waals surface area (Å²) in [6.45, 7) is 5.96. The minimum absolute atomic E-state index is 0.222. The normalized spacial score (nSPS) is 21.0. The molecule has 0 aliphatic carbocycles. The molecular weight excluding hydrogens is 314 g/mol. The quantitative estimate of drug-likeness (QED) is 0.808. The van der Waals surface area contributed by atoms with Crippen LogP contribution < -0.4 is 5.32 Å². The third-order valence-corrected chi connectivity index (χ3v) is 4.72. The molecule has 0 aromatic carbocycles. The molecule has 0 spiro atoms. The summed E-state index contributed by atoms with van der Waals surface area (Å²) < 4.78 is 0. The Balaban J connectivity index is 2.00. The number of amides is 4. The predicted molar refractivity (Wildman–Crippen MR) is 88.9 cm³/mol. The SMILES string of the molecule is CC(C)CC1(C)NC(=O)N(CC(=O)N(C)Cc2cccs2)C1=O. The molecule has 1 saturated heterocycles. The van der Waals surface area contributed by atoms with E-state index in [9.17, 15) is 14.4 Å². The van der Waals surface area contributed by atoms with Gasteiger partial charge in [0.1, 0.15) is 12.1 Å². The van der Waals surface area contributed by atoms with Gasteiger partial charge in [0.15, 0.2) is 0 Å². The Kier molecular flexibility index (Phi) is 5.09. The number of likely N-dealkylation sites (N-methyl/N-ethyl adjacent to an activating group) is 1. The molecule has 7 heteroatoms. The maximum absolute atomic E-state index is 12.5. The van der Waals surface area contributed by atoms with Crippen LogP contribution >= 0.6 is 11.3 Å². The molecule has 2 rings (SSSR count). The zero-order valence-corrected chi connectivity index (χ0v) is 14.8. The molecule has 1 unspecified atom stereocenters. The number of hydrogen-bond acceptors (Lipinski definition) is 4. The van der Waals surface area contributed by atoms with Crippen LogP contribution in [0.1, 0.15) is 32.1 Å². The summed E-state index contributed by atoms with van der Waals surface area (Å²) in [6.07, 6.45) is 0.549. The zero-order valence-electron chi connectivity index (χ0n) is 14.0. The lowest BCUT2D eigenvalue weighted by molar-refractivity contribution is -0.138. The van der Waals surface area contributed by atoms with Crippen molar-refractivity contribution in [2.24, 2.45) is 5.92 Å². The lowest BCUT2D eigenvalue weighted by Crippen LogP contribution is -2.46. The third kappa shape index (κ3) is 3.90. The molecule has 0 bridgehead atoms. The highest BCUT2D eigenvalue weighted by Crippen LogP contribution is 2.25. The monoisotopic (exact) mass is 337 g/mol. The number of carbonyl (C=O) groups excluding carboxylic acids is 3. The predicted octanol–water partition coefficient (Wildman–Crippen LogP) is 2.06. The van der Waals surface area contributed by atoms with Gasteiger partial charge in [-0.05, 0) is 30.7 Å². The zero-order chi connectivity index (χ0) is 17.2. The molecular formula is C16H23N3O3S. The summed E-state index contributed by atoms with van der Waals surface area (Å²) in [5.41, 5.74) is -0.919. The van der Waals surface area contributed by atoms with Crippen molar-refractivity contribution < 1.29 is 14.4 Å². The van der Waals surface area contributed by atoms with Gasteiger partial charge in [-0.3, -0.25) is 14.5 Å². The van der Waals surface area contributed by atoms with Crippen molar-refractivity contribution in [1.82, 2.24) is 15.1 Å². The van der Waals surface area contributed by atoms with Crippen LogP contribution in [-0.4, -0.2) is 46.8 Å². The van der Waals surface area contributed by atoms with E-state index in [-0.39, 0.29) is 24.3 Å². The van der Waals surface area contributed by atoms with Crippen LogP contribution in [0.5, 0.6) is 0 Å². The van der Waals surface area contributed by atoms with Gasteiger partial charge in [0, 0.05) is 11.9 Å². The number of urea groups is 1. The summed E-state index contributed by atoms with van der Waals surface area (Å²) in [5, 5.41) is 4.67. The first-order chi connectivity index (χ1) is 10.7. The fourth-order valence-electron chi connectivity index (χ4n) is 2.83. The van der Waals surface area contributed by atoms with Crippen LogP contribution in [0.2, 0.25) is 0 Å². The van der Waals surface area contributed by atoms with E-state index >= 15 is 0 Å². The van der Waals surface area contributed by atoms with Crippen molar-refractivity contribution in [3.63, 3.8) is 0 Å². The van der Waals surface area contributed by atoms with E-state index < -0.39 is 11.6 Å². The molecule has 4 amide bonds. The highest BCUT2D eigenvalue weighted by molar-refractivity contribution is 7.09. The molecule has 1 aromatic rings. The Hall–Kier alpha value is -1.89. The summed E-state index contributed by atoms with van der Waals surface area (Å²) in [5.74, 6) is -0.314. The average molecular weight is 337 g/mol. The first-order valence-corrected chi connectivity index (χ1v) is 8.51. The van der Waals surface area contributed by atoms with E-state index in [1.54, 1.807) is 25.3 Å². The fraction of sp³-hybridized carbons (Fsp3) is 0.562. The second-order valence-corrected chi connectivity index (χ2v) is 7.61. The standard InChI is InChI=1S/C16H23N3O3S/c1-11(2)8-16(3)14(21)19(15(22)17-16)10-13(20)18(4)9-12-6-5-7-23-12/h5-7,11H,8-10H2,1-4H3,(H,17,22). The van der Waals surface area contributed by atoms with Crippen LogP contribution in [0.25, 0.3) is 0 Å². The van der Waals surface area contributed by atoms with Crippen LogP contribution in [0.15, 0.2) is 17.5 Å². The largest absolute Gasteiger partial charge is 0.339 e. The summed E-state index contributed by atoms with van der Waals surface area (Å²) in [4.78, 5) is 40.5. The highest BCUT2D eigenvalue weighted by atomic mass is 32.1. The third-order valence-electron chi connectivity index (χ3n) is 3.85. The van der Waals surface area contributed by atoms with Gasteiger partial charge in [0.25, 0.3) is 5.91 Å². The maximum atomic E-state index is 12.5. The lowest BCUT2D eigenvalue weighted by atomic mass is 9.91. The van der Waals surface area contributed by atoms with Crippen LogP contribution in [-0.2, 0) is 16.1 Å². The topological polar surface area (TPSA) is 69.7 Å². The van der Waals surface area contributed by atoms with E-state index in [0.29, 0.717) is 13.0 Å². The van der Waals surface area contributed by atoms with Crippen LogP contribution in [0.4, 0.5) is 4.79 Å². The summed E-state index contributed by atoms with van der Waals surface area (Å²) >= 11 is 1.57. The van der Waals surface area contributed by atoms with E-state index in [1.807, 2.05) is 31.4 Å². The first kappa shape index (κ1) is 17.5. The van der Waals surface area contributed by atoms with Gasteiger partial charge in [-0.15, -0.1) is 11.3 Å². The van der Waals surface area contributed by atoms with Gasteiger partial charge in [-0.25, -0.2) is 4.79 Å². The molecule has 1 N–H and O–H groups in total. The van der Waals surface area contributed by atoms with Crippen LogP contribution in [0, 0.1) is 5.92 Å². The van der Waals surface area contributed by atoms with Gasteiger partial charge in [0.2, 0.25) is 5.91 Å². The molecule has 2 heterocycles. The highest BCUT2D eigenvalue weighted by Gasteiger charge is 2.48. The van der Waals surface area contributed by atoms with E-state index in [2.05, 4.69) is 5.32 Å². The van der Waals surface area contributed by atoms with Crippen molar-refractivity contribution in [1.29, 1.82) is 0 Å². The minimum Gasteiger partial charge on any atom is -0.339 e. The molecule has 1 fully saturated rings. The van der Waals surface area contributed by atoms with Gasteiger partial charge < -0.3 is 10.2 Å². The smallest absolute Gasteiger partial charge is 0.325 e. The molecule has 1 aromatic heterocycles. The van der Waals surface area contributed by atoms with Crippen molar-refractivity contribution in [3.05, 3.63) is 22.4 Å². The fourth-order valence-corrected chi connectivity index (χ4v) is 3.58. The van der Waals surface area contributed by atoms with E-state index in [1.165, 1.54) is 4.90 Å². The number of carbonyl (C=O) groups is 3. The molecule has 1 atom stereocenters. The minimum atomic E-state index is -0.919. The Labute approximate surface area is 140 Å². The van der Waals surface area contributed by atoms with Gasteiger partial charge in [-0.1, -0.05) is 19.9 Å². The summed E-state index contributed by atoms with van der Waals surface area (Å²) in [7, 11) is 1.67. The van der Waals surface area contributed by atoms with Gasteiger partial charge >= 0.3 is 6.03 Å². The molecule has 23 heavy (non-hydrogen) atoms. The molecule has 0 saturated carbocycles. The lowest BCUT2D eigenvalue weighted by Gasteiger charge is -2.24. The maximum Gasteiger partial charge on any atom is 0.325 e. The average Bonchev–Trinajstić information content (AvgIpc) is 3.01. The second kappa shape index (κ2) is 6.70. The Bertz CT molecular complexity index is 600. The van der Waals surface area contributed by atoms with Crippen molar-refractivity contribution in [2.75, 3.05) is 13.6 Å². The van der Waals surface area contributed by atoms with E-state index in [0.717, 1.165) is 9.78 Å². The number of thiophene rings is 1. The number of rotatable bonds is 6. The molecule has 6 nitrogen and oxygen atoms in total. The molecule has 1 aliphatic rings. The van der Waals surface area contributed by atoms with Gasteiger partial charge in [0.05, 0.1) is 6.54 Å². The van der Waals surface area contributed by atoms with Crippen molar-refractivity contribution >= 4 is 29.2 Å². The van der Waals surface area contributed by atoms with Crippen LogP contribution in [0.3, 0.4) is 0 Å². The number of nitrogens with one attached hydrogen (secondary N) is 1. The van der Waals surface area contributed by atoms with Crippen molar-refractivity contribution in [3.8, 4) is 0 Å². The summed E-state index contributed by atoms with van der Waals surface area (Å²) in [6, 6.07) is 3.38. The van der Waals surface area contributed by atoms with E-state index in [4.69, 9.17) is 0 Å². The number of imide groups is 1. The molecule has 1 aliphatic heterocycles. The van der Waals surface area contributed by atoms with Gasteiger partial charge in [-0.2, -0.15) is 0 Å². The Morgan fingerprint density at radius 1 is 1.43 bits per heavy atom. The number of hydrogen-bond donors (Lipinski definition) is 1. The van der Waals surface area contributed by atoms with Crippen molar-refractivity contribution in [2.45, 2.75) is 39.3 Å². The Morgan fingerprint density at radius 2 is 2.13 bits per heavy atom. The second-order valence-electron chi connectivity index (χ2n) is 6.58. The molecule has 0 radical (unpaired) electrons. The number of nitrogens with zero attached hydrogens (tertiary/aromatic N) is 2. The molecule has 126 valence electrons.